The highest BCUT2D eigenvalue weighted by molar-refractivity contribution is 7.22. The van der Waals surface area contributed by atoms with Crippen molar-refractivity contribution in [1.82, 2.24) is 9.88 Å². The van der Waals surface area contributed by atoms with Crippen molar-refractivity contribution in [3.8, 4) is 11.5 Å². The first-order valence-electron chi connectivity index (χ1n) is 9.05. The van der Waals surface area contributed by atoms with E-state index in [0.717, 1.165) is 16.8 Å². The number of carbonyl (C=O) groups is 1. The lowest BCUT2D eigenvalue weighted by Crippen LogP contribution is -2.37. The Labute approximate surface area is 170 Å². The maximum absolute atomic E-state index is 14.2. The molecular formula is C20H19F2N3O3S. The maximum Gasteiger partial charge on any atom is 0.266 e. The average molecular weight is 419 g/mol. The van der Waals surface area contributed by atoms with E-state index in [1.165, 1.54) is 22.3 Å². The van der Waals surface area contributed by atoms with Gasteiger partial charge in [0.2, 0.25) is 0 Å². The summed E-state index contributed by atoms with van der Waals surface area (Å²) in [6, 6.07) is 6.93. The third-order valence-electron chi connectivity index (χ3n) is 4.46. The number of anilines is 1. The van der Waals surface area contributed by atoms with Crippen LogP contribution < -0.4 is 14.4 Å². The lowest BCUT2D eigenvalue weighted by atomic mass is 10.1. The lowest BCUT2D eigenvalue weighted by molar-refractivity contribution is 0.0977. The first-order valence-corrected chi connectivity index (χ1v) is 9.86. The van der Waals surface area contributed by atoms with Crippen LogP contribution in [0.3, 0.4) is 0 Å². The fourth-order valence-corrected chi connectivity index (χ4v) is 3.99. The van der Waals surface area contributed by atoms with Crippen LogP contribution in [0.2, 0.25) is 0 Å². The smallest absolute Gasteiger partial charge is 0.266 e. The number of likely N-dealkylation sites (N-methyl/N-ethyl adjacent to an activating group) is 1. The van der Waals surface area contributed by atoms with Crippen molar-refractivity contribution in [2.75, 3.05) is 45.3 Å². The quantitative estimate of drug-likeness (QED) is 0.633. The Hall–Kier alpha value is -2.78. The molecule has 1 aliphatic rings. The van der Waals surface area contributed by atoms with Gasteiger partial charge in [0.25, 0.3) is 5.91 Å². The highest BCUT2D eigenvalue weighted by Gasteiger charge is 2.27. The Kier molecular flexibility index (Phi) is 5.33. The molecule has 0 unspecified atom stereocenters. The zero-order chi connectivity index (χ0) is 20.5. The zero-order valence-electron chi connectivity index (χ0n) is 15.9. The van der Waals surface area contributed by atoms with E-state index in [1.54, 1.807) is 6.07 Å². The topological polar surface area (TPSA) is 54.9 Å². The molecule has 0 saturated heterocycles. The molecule has 0 bridgehead atoms. The van der Waals surface area contributed by atoms with Crippen LogP contribution in [0.25, 0.3) is 10.2 Å². The Morgan fingerprint density at radius 3 is 2.41 bits per heavy atom. The third-order valence-corrected chi connectivity index (χ3v) is 5.51. The van der Waals surface area contributed by atoms with Gasteiger partial charge in [-0.3, -0.25) is 9.69 Å². The molecule has 0 aliphatic carbocycles. The molecule has 0 spiro atoms. The highest BCUT2D eigenvalue weighted by Crippen LogP contribution is 2.39. The van der Waals surface area contributed by atoms with Crippen LogP contribution in [0.5, 0.6) is 11.5 Å². The number of fused-ring (bicyclic) bond motifs is 2. The summed E-state index contributed by atoms with van der Waals surface area (Å²) in [6.45, 7) is 1.65. The Balaban J connectivity index is 1.76. The van der Waals surface area contributed by atoms with Gasteiger partial charge < -0.3 is 14.4 Å². The van der Waals surface area contributed by atoms with Gasteiger partial charge >= 0.3 is 0 Å². The summed E-state index contributed by atoms with van der Waals surface area (Å²) in [6.07, 6.45) is 0. The van der Waals surface area contributed by atoms with Crippen LogP contribution in [0.15, 0.2) is 30.3 Å². The summed E-state index contributed by atoms with van der Waals surface area (Å²) in [5.74, 6) is -1.36. The van der Waals surface area contributed by atoms with Gasteiger partial charge in [0.15, 0.2) is 16.6 Å². The molecule has 9 heteroatoms. The van der Waals surface area contributed by atoms with Crippen molar-refractivity contribution in [2.45, 2.75) is 0 Å². The Morgan fingerprint density at radius 1 is 1.10 bits per heavy atom. The number of hydrogen-bond donors (Lipinski definition) is 0. The van der Waals surface area contributed by atoms with Gasteiger partial charge in [-0.15, -0.1) is 0 Å². The van der Waals surface area contributed by atoms with Crippen LogP contribution in [0.4, 0.5) is 13.9 Å². The summed E-state index contributed by atoms with van der Waals surface area (Å²) in [7, 11) is 3.71. The Morgan fingerprint density at radius 2 is 1.76 bits per heavy atom. The number of rotatable bonds is 5. The second-order valence-corrected chi connectivity index (χ2v) is 7.83. The maximum atomic E-state index is 14.2. The van der Waals surface area contributed by atoms with Gasteiger partial charge in [-0.25, -0.2) is 13.8 Å². The second-order valence-electron chi connectivity index (χ2n) is 6.82. The molecule has 0 saturated carbocycles. The van der Waals surface area contributed by atoms with Crippen LogP contribution in [0, 0.1) is 11.6 Å². The molecule has 29 heavy (non-hydrogen) atoms. The van der Waals surface area contributed by atoms with E-state index in [9.17, 15) is 13.6 Å². The fraction of sp³-hybridized carbons (Fsp3) is 0.300. The first kappa shape index (κ1) is 19.5. The molecule has 1 aliphatic heterocycles. The Bertz CT molecular complexity index is 1010. The van der Waals surface area contributed by atoms with Gasteiger partial charge in [0.1, 0.15) is 30.4 Å². The number of benzene rings is 2. The molecule has 4 rings (SSSR count). The second kappa shape index (κ2) is 7.92. The number of aromatic nitrogens is 1. The fourth-order valence-electron chi connectivity index (χ4n) is 2.99. The van der Waals surface area contributed by atoms with Crippen molar-refractivity contribution < 1.29 is 23.0 Å². The molecule has 1 aromatic heterocycles. The van der Waals surface area contributed by atoms with Gasteiger partial charge in [-0.05, 0) is 26.2 Å². The lowest BCUT2D eigenvalue weighted by Gasteiger charge is -2.22. The number of amides is 1. The summed E-state index contributed by atoms with van der Waals surface area (Å²) < 4.78 is 40.4. The van der Waals surface area contributed by atoms with E-state index in [1.807, 2.05) is 25.1 Å². The predicted octanol–water partition coefficient (Wildman–Crippen LogP) is 3.55. The van der Waals surface area contributed by atoms with Crippen LogP contribution in [0.1, 0.15) is 10.4 Å². The minimum Gasteiger partial charge on any atom is -0.486 e. The van der Waals surface area contributed by atoms with Crippen molar-refractivity contribution >= 4 is 32.6 Å². The van der Waals surface area contributed by atoms with Gasteiger partial charge in [0.05, 0.1) is 10.2 Å². The summed E-state index contributed by atoms with van der Waals surface area (Å²) >= 11 is 1.26. The number of hydrogen-bond acceptors (Lipinski definition) is 6. The first-order chi connectivity index (χ1) is 13.9. The monoisotopic (exact) mass is 419 g/mol. The summed E-state index contributed by atoms with van der Waals surface area (Å²) in [4.78, 5) is 20.8. The van der Waals surface area contributed by atoms with Crippen LogP contribution in [-0.4, -0.2) is 56.2 Å². The SMILES string of the molecule is CN(C)CCN(C(=O)c1c(F)cccc1F)c1nc2cc3c(cc2s1)OCCO3. The normalized spacial score (nSPS) is 13.1. The standard InChI is InChI=1S/C20H19F2N3O3S/c1-24(2)6-7-25(19(26)18-12(21)4-3-5-13(18)22)20-23-14-10-15-16(11-17(14)29-20)28-9-8-27-15/h3-5,10-11H,6-9H2,1-2H3. The number of ether oxygens (including phenoxy) is 2. The van der Waals surface area contributed by atoms with Crippen LogP contribution >= 0.6 is 11.3 Å². The van der Waals surface area contributed by atoms with Gasteiger partial charge in [-0.2, -0.15) is 0 Å². The zero-order valence-corrected chi connectivity index (χ0v) is 16.8. The minimum absolute atomic E-state index is 0.228. The molecule has 6 nitrogen and oxygen atoms in total. The molecular weight excluding hydrogens is 400 g/mol. The average Bonchev–Trinajstić information content (AvgIpc) is 3.08. The number of nitrogens with zero attached hydrogens (tertiary/aromatic N) is 3. The molecule has 2 heterocycles. The molecule has 1 amide bonds. The van der Waals surface area contributed by atoms with Crippen molar-refractivity contribution in [1.29, 1.82) is 0 Å². The van der Waals surface area contributed by atoms with Crippen molar-refractivity contribution in [3.63, 3.8) is 0 Å². The minimum atomic E-state index is -0.900. The van der Waals surface area contributed by atoms with E-state index in [2.05, 4.69) is 4.98 Å². The number of halogens is 2. The van der Waals surface area contributed by atoms with E-state index in [0.29, 0.717) is 41.9 Å². The third kappa shape index (κ3) is 3.88. The van der Waals surface area contributed by atoms with E-state index in [-0.39, 0.29) is 6.54 Å². The summed E-state index contributed by atoms with van der Waals surface area (Å²) in [5.41, 5.74) is 0.0439. The van der Waals surface area contributed by atoms with E-state index < -0.39 is 23.1 Å². The molecule has 152 valence electrons. The molecule has 0 fully saturated rings. The summed E-state index contributed by atoms with van der Waals surface area (Å²) in [5, 5.41) is 0.358. The largest absolute Gasteiger partial charge is 0.486 e. The van der Waals surface area contributed by atoms with Crippen molar-refractivity contribution in [2.24, 2.45) is 0 Å². The van der Waals surface area contributed by atoms with E-state index in [4.69, 9.17) is 9.47 Å². The molecule has 3 aromatic rings. The van der Waals surface area contributed by atoms with Gasteiger partial charge in [0, 0.05) is 25.2 Å². The number of carbonyl (C=O) groups excluding carboxylic acids is 1. The number of thiazole rings is 1. The highest BCUT2D eigenvalue weighted by atomic mass is 32.1. The molecule has 0 radical (unpaired) electrons. The van der Waals surface area contributed by atoms with Crippen molar-refractivity contribution in [3.05, 3.63) is 47.5 Å². The molecule has 2 aromatic carbocycles. The molecule has 0 atom stereocenters. The van der Waals surface area contributed by atoms with E-state index >= 15 is 0 Å². The predicted molar refractivity (Wildman–Crippen MR) is 107 cm³/mol. The van der Waals surface area contributed by atoms with Crippen LogP contribution in [-0.2, 0) is 0 Å². The molecule has 0 N–H and O–H groups in total. The van der Waals surface area contributed by atoms with Gasteiger partial charge in [-0.1, -0.05) is 17.4 Å².